The highest BCUT2D eigenvalue weighted by Crippen LogP contribution is 2.19. The number of nitrogens with zero attached hydrogens (tertiary/aromatic N) is 2. The third-order valence-corrected chi connectivity index (χ3v) is 4.84. The number of amides is 1. The molecule has 1 fully saturated rings. The Morgan fingerprint density at radius 1 is 1.21 bits per heavy atom. The average molecular weight is 323 g/mol. The molecule has 1 aromatic carbocycles. The third kappa shape index (κ3) is 4.42. The van der Waals surface area contributed by atoms with Gasteiger partial charge in [-0.15, -0.1) is 0 Å². The summed E-state index contributed by atoms with van der Waals surface area (Å²) in [7, 11) is 0. The van der Waals surface area contributed by atoms with Gasteiger partial charge in [-0.2, -0.15) is 0 Å². The van der Waals surface area contributed by atoms with Gasteiger partial charge < -0.3 is 5.32 Å². The Morgan fingerprint density at radius 3 is 2.71 bits per heavy atom. The van der Waals surface area contributed by atoms with E-state index in [4.69, 9.17) is 0 Å². The Hall–Kier alpha value is -2.20. The summed E-state index contributed by atoms with van der Waals surface area (Å²) in [5.41, 5.74) is 3.42. The minimum absolute atomic E-state index is 0.0227. The second-order valence-electron chi connectivity index (χ2n) is 6.60. The molecule has 1 amide bonds. The SMILES string of the molecule is Cc1ccccc1CN1CCC(CNC(=O)c2cccnc2)CC1. The van der Waals surface area contributed by atoms with Gasteiger partial charge in [-0.1, -0.05) is 24.3 Å². The quantitative estimate of drug-likeness (QED) is 0.920. The van der Waals surface area contributed by atoms with Crippen LogP contribution in [0.3, 0.4) is 0 Å². The van der Waals surface area contributed by atoms with E-state index in [1.54, 1.807) is 24.5 Å². The maximum absolute atomic E-state index is 12.1. The number of carbonyl (C=O) groups is 1. The molecule has 0 aliphatic carbocycles. The van der Waals surface area contributed by atoms with Gasteiger partial charge in [0.15, 0.2) is 0 Å². The van der Waals surface area contributed by atoms with Crippen molar-refractivity contribution in [2.45, 2.75) is 26.3 Å². The van der Waals surface area contributed by atoms with Crippen molar-refractivity contribution in [3.05, 3.63) is 65.5 Å². The highest BCUT2D eigenvalue weighted by Gasteiger charge is 2.20. The molecular weight excluding hydrogens is 298 g/mol. The molecule has 2 aromatic rings. The molecule has 0 atom stereocenters. The molecule has 1 aliphatic heterocycles. The highest BCUT2D eigenvalue weighted by atomic mass is 16.1. The van der Waals surface area contributed by atoms with E-state index in [-0.39, 0.29) is 5.91 Å². The number of rotatable bonds is 5. The van der Waals surface area contributed by atoms with Gasteiger partial charge in [0.1, 0.15) is 0 Å². The Morgan fingerprint density at radius 2 is 2.00 bits per heavy atom. The number of aryl methyl sites for hydroxylation is 1. The fourth-order valence-electron chi connectivity index (χ4n) is 3.21. The molecule has 0 bridgehead atoms. The summed E-state index contributed by atoms with van der Waals surface area (Å²) in [5, 5.41) is 3.04. The molecule has 1 aliphatic rings. The first-order chi connectivity index (χ1) is 11.7. The summed E-state index contributed by atoms with van der Waals surface area (Å²) in [6, 6.07) is 12.2. The zero-order chi connectivity index (χ0) is 16.8. The van der Waals surface area contributed by atoms with Crippen molar-refractivity contribution in [3.63, 3.8) is 0 Å². The second kappa shape index (κ2) is 8.06. The molecule has 24 heavy (non-hydrogen) atoms. The van der Waals surface area contributed by atoms with Crippen molar-refractivity contribution in [3.8, 4) is 0 Å². The minimum Gasteiger partial charge on any atom is -0.352 e. The number of nitrogens with one attached hydrogen (secondary N) is 1. The first-order valence-electron chi connectivity index (χ1n) is 8.67. The monoisotopic (exact) mass is 323 g/mol. The number of benzene rings is 1. The second-order valence-corrected chi connectivity index (χ2v) is 6.60. The summed E-state index contributed by atoms with van der Waals surface area (Å²) in [6.07, 6.45) is 5.57. The van der Waals surface area contributed by atoms with E-state index >= 15 is 0 Å². The Kier molecular flexibility index (Phi) is 5.59. The van der Waals surface area contributed by atoms with Crippen molar-refractivity contribution < 1.29 is 4.79 Å². The van der Waals surface area contributed by atoms with E-state index in [9.17, 15) is 4.79 Å². The summed E-state index contributed by atoms with van der Waals surface area (Å²) in [5.74, 6) is 0.546. The van der Waals surface area contributed by atoms with E-state index in [0.717, 1.165) is 39.0 Å². The molecular formula is C20H25N3O. The van der Waals surface area contributed by atoms with E-state index in [0.29, 0.717) is 11.5 Å². The van der Waals surface area contributed by atoms with Crippen LogP contribution < -0.4 is 5.32 Å². The van der Waals surface area contributed by atoms with Gasteiger partial charge in [0, 0.05) is 25.5 Å². The first-order valence-corrected chi connectivity index (χ1v) is 8.67. The number of hydrogen-bond acceptors (Lipinski definition) is 3. The minimum atomic E-state index is -0.0227. The van der Waals surface area contributed by atoms with Crippen molar-refractivity contribution in [1.29, 1.82) is 0 Å². The van der Waals surface area contributed by atoms with Crippen LogP contribution in [-0.2, 0) is 6.54 Å². The standard InChI is InChI=1S/C20H25N3O/c1-16-5-2-3-6-19(16)15-23-11-8-17(9-12-23)13-22-20(24)18-7-4-10-21-14-18/h2-7,10,14,17H,8-9,11-13,15H2,1H3,(H,22,24). The Balaban J connectivity index is 1.42. The Labute approximate surface area is 143 Å². The van der Waals surface area contributed by atoms with Crippen LogP contribution in [0.5, 0.6) is 0 Å². The van der Waals surface area contributed by atoms with Crippen LogP contribution in [0.2, 0.25) is 0 Å². The zero-order valence-corrected chi connectivity index (χ0v) is 14.2. The van der Waals surface area contributed by atoms with Crippen LogP contribution >= 0.6 is 0 Å². The van der Waals surface area contributed by atoms with Crippen LogP contribution in [0.15, 0.2) is 48.8 Å². The van der Waals surface area contributed by atoms with Gasteiger partial charge in [-0.25, -0.2) is 0 Å². The molecule has 1 N–H and O–H groups in total. The third-order valence-electron chi connectivity index (χ3n) is 4.84. The summed E-state index contributed by atoms with van der Waals surface area (Å²) < 4.78 is 0. The molecule has 1 aromatic heterocycles. The zero-order valence-electron chi connectivity index (χ0n) is 14.2. The van der Waals surface area contributed by atoms with Gasteiger partial charge in [-0.05, 0) is 62.0 Å². The number of hydrogen-bond donors (Lipinski definition) is 1. The van der Waals surface area contributed by atoms with Gasteiger partial charge in [0.05, 0.1) is 5.56 Å². The van der Waals surface area contributed by atoms with Crippen molar-refractivity contribution in [2.75, 3.05) is 19.6 Å². The topological polar surface area (TPSA) is 45.2 Å². The molecule has 1 saturated heterocycles. The first kappa shape index (κ1) is 16.7. The van der Waals surface area contributed by atoms with E-state index in [1.807, 2.05) is 0 Å². The molecule has 0 saturated carbocycles. The van der Waals surface area contributed by atoms with Gasteiger partial charge >= 0.3 is 0 Å². The number of carbonyl (C=O) groups excluding carboxylic acids is 1. The van der Waals surface area contributed by atoms with Crippen LogP contribution in [0.1, 0.15) is 34.3 Å². The molecule has 3 rings (SSSR count). The van der Waals surface area contributed by atoms with E-state index in [1.165, 1.54) is 11.1 Å². The van der Waals surface area contributed by atoms with Crippen molar-refractivity contribution in [1.82, 2.24) is 15.2 Å². The lowest BCUT2D eigenvalue weighted by Gasteiger charge is -2.32. The summed E-state index contributed by atoms with van der Waals surface area (Å²) in [4.78, 5) is 18.6. The van der Waals surface area contributed by atoms with E-state index < -0.39 is 0 Å². The largest absolute Gasteiger partial charge is 0.352 e. The number of aromatic nitrogens is 1. The van der Waals surface area contributed by atoms with E-state index in [2.05, 4.69) is 46.4 Å². The van der Waals surface area contributed by atoms with Crippen LogP contribution in [0.25, 0.3) is 0 Å². The smallest absolute Gasteiger partial charge is 0.252 e. The normalized spacial score (nSPS) is 16.0. The molecule has 126 valence electrons. The number of likely N-dealkylation sites (tertiary alicyclic amines) is 1. The van der Waals surface area contributed by atoms with Crippen molar-refractivity contribution in [2.24, 2.45) is 5.92 Å². The van der Waals surface area contributed by atoms with Crippen LogP contribution in [0, 0.1) is 12.8 Å². The predicted octanol–water partition coefficient (Wildman–Crippen LogP) is 3.03. The lowest BCUT2D eigenvalue weighted by Crippen LogP contribution is -2.38. The molecule has 4 heteroatoms. The Bertz CT molecular complexity index is 664. The fraction of sp³-hybridized carbons (Fsp3) is 0.400. The van der Waals surface area contributed by atoms with Gasteiger partial charge in [0.25, 0.3) is 5.91 Å². The molecule has 0 radical (unpaired) electrons. The summed E-state index contributed by atoms with van der Waals surface area (Å²) in [6.45, 7) is 6.16. The van der Waals surface area contributed by atoms with Crippen LogP contribution in [0.4, 0.5) is 0 Å². The maximum Gasteiger partial charge on any atom is 0.252 e. The maximum atomic E-state index is 12.1. The fourth-order valence-corrected chi connectivity index (χ4v) is 3.21. The molecule has 2 heterocycles. The van der Waals surface area contributed by atoms with Gasteiger partial charge in [0.2, 0.25) is 0 Å². The predicted molar refractivity (Wildman–Crippen MR) is 95.8 cm³/mol. The molecule has 0 spiro atoms. The average Bonchev–Trinajstić information content (AvgIpc) is 2.63. The molecule has 4 nitrogen and oxygen atoms in total. The lowest BCUT2D eigenvalue weighted by atomic mass is 9.96. The lowest BCUT2D eigenvalue weighted by molar-refractivity contribution is 0.0935. The molecule has 0 unspecified atom stereocenters. The number of pyridine rings is 1. The van der Waals surface area contributed by atoms with Crippen LogP contribution in [-0.4, -0.2) is 35.4 Å². The van der Waals surface area contributed by atoms with Gasteiger partial charge in [-0.3, -0.25) is 14.7 Å². The number of piperidine rings is 1. The summed E-state index contributed by atoms with van der Waals surface area (Å²) >= 11 is 0. The van der Waals surface area contributed by atoms with Crippen molar-refractivity contribution >= 4 is 5.91 Å². The highest BCUT2D eigenvalue weighted by molar-refractivity contribution is 5.93.